The molecule has 6 heteroatoms. The fraction of sp³-hybridized carbons (Fsp3) is 0.467. The monoisotopic (exact) mass is 303 g/mol. The number of hydrogen-bond acceptors (Lipinski definition) is 6. The van der Waals surface area contributed by atoms with Crippen molar-refractivity contribution in [3.8, 4) is 0 Å². The topological polar surface area (TPSA) is 63.6 Å². The van der Waals surface area contributed by atoms with Crippen molar-refractivity contribution in [3.63, 3.8) is 0 Å². The van der Waals surface area contributed by atoms with Crippen molar-refractivity contribution in [3.05, 3.63) is 28.8 Å². The van der Waals surface area contributed by atoms with Crippen LogP contribution in [0, 0.1) is 20.8 Å². The average Bonchev–Trinajstić information content (AvgIpc) is 2.44. The van der Waals surface area contributed by atoms with Gasteiger partial charge < -0.3 is 5.32 Å². The summed E-state index contributed by atoms with van der Waals surface area (Å²) in [6, 6.07) is 0. The normalized spacial score (nSPS) is 11.0. The molecule has 21 heavy (non-hydrogen) atoms. The van der Waals surface area contributed by atoms with Gasteiger partial charge >= 0.3 is 0 Å². The Balaban J connectivity index is 2.44. The second-order valence-electron chi connectivity index (χ2n) is 5.25. The Bertz CT molecular complexity index is 632. The Labute approximate surface area is 130 Å². The van der Waals surface area contributed by atoms with Crippen molar-refractivity contribution >= 4 is 17.6 Å². The lowest BCUT2D eigenvalue weighted by atomic mass is 10.1. The molecule has 0 saturated heterocycles. The van der Waals surface area contributed by atoms with Crippen LogP contribution in [0.15, 0.2) is 16.5 Å². The summed E-state index contributed by atoms with van der Waals surface area (Å²) >= 11 is 1.50. The molecule has 0 amide bonds. The van der Waals surface area contributed by atoms with Crippen LogP contribution >= 0.6 is 11.8 Å². The van der Waals surface area contributed by atoms with Crippen LogP contribution in [0.4, 0.5) is 5.82 Å². The highest BCUT2D eigenvalue weighted by Gasteiger charge is 2.17. The molecule has 5 nitrogen and oxygen atoms in total. The largest absolute Gasteiger partial charge is 0.373 e. The zero-order valence-corrected chi connectivity index (χ0v) is 14.2. The van der Waals surface area contributed by atoms with Gasteiger partial charge in [-0.25, -0.2) is 19.9 Å². The van der Waals surface area contributed by atoms with Crippen molar-refractivity contribution in [2.24, 2.45) is 0 Å². The Morgan fingerprint density at radius 1 is 1.05 bits per heavy atom. The van der Waals surface area contributed by atoms with E-state index in [0.29, 0.717) is 5.92 Å². The van der Waals surface area contributed by atoms with E-state index in [9.17, 15) is 0 Å². The molecule has 0 aliphatic rings. The van der Waals surface area contributed by atoms with E-state index in [1.807, 2.05) is 27.8 Å². The second-order valence-corrected chi connectivity index (χ2v) is 6.21. The number of nitrogens with one attached hydrogen (secondary N) is 1. The standard InChI is InChI=1S/C15H21N5S/c1-8(2)12-13(16-6)17-7-18-14(12)21-15-19-10(4)9(3)11(5)20-15/h7-8H,1-6H3,(H,16,17,18). The number of aromatic nitrogens is 4. The summed E-state index contributed by atoms with van der Waals surface area (Å²) in [6.07, 6.45) is 1.58. The van der Waals surface area contributed by atoms with Crippen molar-refractivity contribution < 1.29 is 0 Å². The van der Waals surface area contributed by atoms with Gasteiger partial charge in [0, 0.05) is 24.0 Å². The summed E-state index contributed by atoms with van der Waals surface area (Å²) in [6.45, 7) is 10.3. The zero-order valence-electron chi connectivity index (χ0n) is 13.4. The van der Waals surface area contributed by atoms with Gasteiger partial charge in [0.1, 0.15) is 17.2 Å². The van der Waals surface area contributed by atoms with Crippen LogP contribution in [0.5, 0.6) is 0 Å². The summed E-state index contributed by atoms with van der Waals surface area (Å²) in [5, 5.41) is 4.77. The Kier molecular flexibility index (Phi) is 4.77. The molecule has 0 radical (unpaired) electrons. The van der Waals surface area contributed by atoms with Crippen LogP contribution in [-0.2, 0) is 0 Å². The minimum absolute atomic E-state index is 0.323. The number of hydrogen-bond donors (Lipinski definition) is 1. The molecule has 0 aliphatic carbocycles. The molecular weight excluding hydrogens is 282 g/mol. The van der Waals surface area contributed by atoms with Gasteiger partial charge in [0.15, 0.2) is 5.16 Å². The maximum absolute atomic E-state index is 4.56. The minimum atomic E-state index is 0.323. The van der Waals surface area contributed by atoms with Crippen LogP contribution in [0.2, 0.25) is 0 Å². The van der Waals surface area contributed by atoms with Crippen molar-refractivity contribution in [2.45, 2.75) is 50.7 Å². The van der Waals surface area contributed by atoms with Crippen LogP contribution in [-0.4, -0.2) is 27.0 Å². The van der Waals surface area contributed by atoms with Crippen molar-refractivity contribution in [2.75, 3.05) is 12.4 Å². The molecule has 2 rings (SSSR count). The lowest BCUT2D eigenvalue weighted by molar-refractivity contribution is 0.801. The average molecular weight is 303 g/mol. The SMILES string of the molecule is CNc1ncnc(Sc2nc(C)c(C)c(C)n2)c1C(C)C. The van der Waals surface area contributed by atoms with Gasteiger partial charge in [-0.1, -0.05) is 13.8 Å². The third-order valence-electron chi connectivity index (χ3n) is 3.46. The minimum Gasteiger partial charge on any atom is -0.373 e. The van der Waals surface area contributed by atoms with Gasteiger partial charge in [-0.15, -0.1) is 0 Å². The first-order valence-corrected chi connectivity index (χ1v) is 7.78. The van der Waals surface area contributed by atoms with Crippen LogP contribution in [0.3, 0.4) is 0 Å². The Hall–Kier alpha value is -1.69. The highest BCUT2D eigenvalue weighted by atomic mass is 32.2. The maximum Gasteiger partial charge on any atom is 0.194 e. The highest BCUT2D eigenvalue weighted by Crippen LogP contribution is 2.34. The first kappa shape index (κ1) is 15.7. The third-order valence-corrected chi connectivity index (χ3v) is 4.35. The van der Waals surface area contributed by atoms with E-state index in [1.54, 1.807) is 6.33 Å². The zero-order chi connectivity index (χ0) is 15.6. The first-order chi connectivity index (χ1) is 9.93. The van der Waals surface area contributed by atoms with E-state index in [0.717, 1.165) is 38.5 Å². The Morgan fingerprint density at radius 2 is 1.67 bits per heavy atom. The van der Waals surface area contributed by atoms with Crippen LogP contribution < -0.4 is 5.32 Å². The lowest BCUT2D eigenvalue weighted by Crippen LogP contribution is -2.05. The lowest BCUT2D eigenvalue weighted by Gasteiger charge is -2.15. The fourth-order valence-electron chi connectivity index (χ4n) is 2.05. The molecule has 0 bridgehead atoms. The van der Waals surface area contributed by atoms with Crippen LogP contribution in [0.25, 0.3) is 0 Å². The summed E-state index contributed by atoms with van der Waals surface area (Å²) in [5.74, 6) is 1.19. The third kappa shape index (κ3) is 3.32. The maximum atomic E-state index is 4.56. The van der Waals surface area contributed by atoms with Gasteiger partial charge in [0.25, 0.3) is 0 Å². The highest BCUT2D eigenvalue weighted by molar-refractivity contribution is 7.99. The molecule has 0 unspecified atom stereocenters. The smallest absolute Gasteiger partial charge is 0.194 e. The van der Waals surface area contributed by atoms with Crippen molar-refractivity contribution in [1.29, 1.82) is 0 Å². The van der Waals surface area contributed by atoms with Gasteiger partial charge in [-0.2, -0.15) is 0 Å². The molecule has 2 heterocycles. The first-order valence-electron chi connectivity index (χ1n) is 6.96. The molecule has 0 spiro atoms. The summed E-state index contributed by atoms with van der Waals surface area (Å²) in [7, 11) is 1.87. The van der Waals surface area contributed by atoms with E-state index >= 15 is 0 Å². The number of aryl methyl sites for hydroxylation is 2. The summed E-state index contributed by atoms with van der Waals surface area (Å²) in [4.78, 5) is 17.8. The van der Waals surface area contributed by atoms with Gasteiger partial charge in [-0.05, 0) is 44.0 Å². The van der Waals surface area contributed by atoms with Gasteiger partial charge in [0.2, 0.25) is 0 Å². The number of rotatable bonds is 4. The molecule has 0 aliphatic heterocycles. The second kappa shape index (κ2) is 6.39. The Morgan fingerprint density at radius 3 is 2.19 bits per heavy atom. The molecule has 0 saturated carbocycles. The van der Waals surface area contributed by atoms with E-state index in [-0.39, 0.29) is 0 Å². The summed E-state index contributed by atoms with van der Waals surface area (Å²) in [5.41, 5.74) is 4.27. The predicted molar refractivity (Wildman–Crippen MR) is 86.0 cm³/mol. The molecule has 0 fully saturated rings. The molecular formula is C15H21N5S. The predicted octanol–water partition coefficient (Wildman–Crippen LogP) is 3.51. The molecule has 112 valence electrons. The molecule has 1 N–H and O–H groups in total. The summed E-state index contributed by atoms with van der Waals surface area (Å²) < 4.78 is 0. The number of anilines is 1. The van der Waals surface area contributed by atoms with Crippen LogP contribution in [0.1, 0.15) is 42.3 Å². The van der Waals surface area contributed by atoms with Crippen molar-refractivity contribution in [1.82, 2.24) is 19.9 Å². The molecule has 0 aromatic carbocycles. The quantitative estimate of drug-likeness (QED) is 0.689. The molecule has 2 aromatic heterocycles. The van der Waals surface area contributed by atoms with Gasteiger partial charge in [0.05, 0.1) is 0 Å². The number of nitrogens with zero attached hydrogens (tertiary/aromatic N) is 4. The van der Waals surface area contributed by atoms with Gasteiger partial charge in [-0.3, -0.25) is 0 Å². The van der Waals surface area contributed by atoms with E-state index in [2.05, 4.69) is 39.1 Å². The van der Waals surface area contributed by atoms with E-state index < -0.39 is 0 Å². The molecule has 2 aromatic rings. The van der Waals surface area contributed by atoms with E-state index in [1.165, 1.54) is 11.8 Å². The van der Waals surface area contributed by atoms with E-state index in [4.69, 9.17) is 0 Å². The molecule has 0 atom stereocenters. The fourth-order valence-corrected chi connectivity index (χ4v) is 3.13.